The Morgan fingerprint density at radius 1 is 1.30 bits per heavy atom. The minimum Gasteiger partial charge on any atom is -0.390 e. The standard InChI is InChI=1S/C13H17N3O4/c1-7(17)14-5-4-11(18)12(19)8-2-3-9-10(6-8)16-13(20)15-9/h2-3,6,11-12,18-19H,4-5H2,1H3,(H,14,17)(H2,15,16,20). The number of carbonyl (C=O) groups excluding carboxylic acids is 1. The number of hydrogen-bond acceptors (Lipinski definition) is 4. The zero-order valence-corrected chi connectivity index (χ0v) is 11.0. The van der Waals surface area contributed by atoms with Crippen LogP contribution in [-0.4, -0.2) is 38.7 Å². The number of benzene rings is 1. The summed E-state index contributed by atoms with van der Waals surface area (Å²) in [6.07, 6.45) is -1.83. The summed E-state index contributed by atoms with van der Waals surface area (Å²) in [5.74, 6) is -0.182. The lowest BCUT2D eigenvalue weighted by molar-refractivity contribution is -0.119. The quantitative estimate of drug-likeness (QED) is 0.520. The highest BCUT2D eigenvalue weighted by atomic mass is 16.3. The van der Waals surface area contributed by atoms with E-state index in [1.807, 2.05) is 0 Å². The second-order valence-electron chi connectivity index (χ2n) is 4.67. The summed E-state index contributed by atoms with van der Waals surface area (Å²) >= 11 is 0. The van der Waals surface area contributed by atoms with E-state index < -0.39 is 12.2 Å². The van der Waals surface area contributed by atoms with Crippen molar-refractivity contribution < 1.29 is 15.0 Å². The fraction of sp³-hybridized carbons (Fsp3) is 0.385. The van der Waals surface area contributed by atoms with Gasteiger partial charge in [-0.15, -0.1) is 0 Å². The Hall–Kier alpha value is -2.12. The van der Waals surface area contributed by atoms with Crippen molar-refractivity contribution in [3.63, 3.8) is 0 Å². The normalized spacial score (nSPS) is 14.2. The van der Waals surface area contributed by atoms with Crippen LogP contribution in [0.4, 0.5) is 0 Å². The predicted molar refractivity (Wildman–Crippen MR) is 73.2 cm³/mol. The number of aromatic amines is 2. The molecule has 7 nitrogen and oxygen atoms in total. The van der Waals surface area contributed by atoms with Crippen LogP contribution in [0.3, 0.4) is 0 Å². The molecule has 0 aliphatic rings. The summed E-state index contributed by atoms with van der Waals surface area (Å²) in [5, 5.41) is 22.5. The Kier molecular flexibility index (Phi) is 4.21. The first-order chi connectivity index (χ1) is 9.47. The third kappa shape index (κ3) is 3.25. The van der Waals surface area contributed by atoms with Crippen LogP contribution < -0.4 is 11.0 Å². The van der Waals surface area contributed by atoms with Gasteiger partial charge < -0.3 is 25.5 Å². The van der Waals surface area contributed by atoms with Crippen molar-refractivity contribution in [3.8, 4) is 0 Å². The molecule has 1 heterocycles. The maximum absolute atomic E-state index is 11.1. The third-order valence-corrected chi connectivity index (χ3v) is 3.06. The molecular weight excluding hydrogens is 262 g/mol. The number of nitrogens with one attached hydrogen (secondary N) is 3. The number of aliphatic hydroxyl groups excluding tert-OH is 2. The molecule has 1 amide bonds. The second-order valence-corrected chi connectivity index (χ2v) is 4.67. The van der Waals surface area contributed by atoms with Crippen LogP contribution in [0.25, 0.3) is 11.0 Å². The number of H-pyrrole nitrogens is 2. The van der Waals surface area contributed by atoms with Gasteiger partial charge in [-0.3, -0.25) is 4.79 Å². The molecule has 2 aromatic rings. The topological polar surface area (TPSA) is 118 Å². The van der Waals surface area contributed by atoms with E-state index in [1.54, 1.807) is 18.2 Å². The van der Waals surface area contributed by atoms with Gasteiger partial charge in [0.25, 0.3) is 0 Å². The minimum atomic E-state index is -1.08. The van der Waals surface area contributed by atoms with E-state index in [0.717, 1.165) is 0 Å². The lowest BCUT2D eigenvalue weighted by Crippen LogP contribution is -2.27. The van der Waals surface area contributed by atoms with Crippen molar-refractivity contribution in [2.75, 3.05) is 6.54 Å². The Bertz CT molecular complexity index is 661. The number of aromatic nitrogens is 2. The van der Waals surface area contributed by atoms with E-state index in [-0.39, 0.29) is 24.6 Å². The number of rotatable bonds is 5. The molecule has 5 N–H and O–H groups in total. The number of fused-ring (bicyclic) bond motifs is 1. The van der Waals surface area contributed by atoms with Crippen molar-refractivity contribution in [2.24, 2.45) is 0 Å². The molecule has 0 bridgehead atoms. The van der Waals surface area contributed by atoms with Gasteiger partial charge in [-0.05, 0) is 24.1 Å². The maximum atomic E-state index is 11.1. The molecule has 1 aromatic carbocycles. The zero-order valence-electron chi connectivity index (χ0n) is 11.0. The van der Waals surface area contributed by atoms with Gasteiger partial charge in [-0.2, -0.15) is 0 Å². The van der Waals surface area contributed by atoms with Gasteiger partial charge in [0.15, 0.2) is 0 Å². The molecule has 0 radical (unpaired) electrons. The highest BCUT2D eigenvalue weighted by Gasteiger charge is 2.18. The van der Waals surface area contributed by atoms with Gasteiger partial charge in [0.2, 0.25) is 5.91 Å². The predicted octanol–water partition coefficient (Wildman–Crippen LogP) is -0.223. The number of hydrogen-bond donors (Lipinski definition) is 5. The van der Waals surface area contributed by atoms with Gasteiger partial charge in [-0.1, -0.05) is 6.07 Å². The molecule has 20 heavy (non-hydrogen) atoms. The van der Waals surface area contributed by atoms with Crippen molar-refractivity contribution in [2.45, 2.75) is 25.6 Å². The average molecular weight is 279 g/mol. The minimum absolute atomic E-state index is 0.182. The molecule has 0 saturated heterocycles. The first-order valence-electron chi connectivity index (χ1n) is 6.30. The highest BCUT2D eigenvalue weighted by molar-refractivity contribution is 5.75. The molecule has 2 unspecified atom stereocenters. The summed E-state index contributed by atoms with van der Waals surface area (Å²) in [7, 11) is 0. The lowest BCUT2D eigenvalue weighted by atomic mass is 10.0. The van der Waals surface area contributed by atoms with Gasteiger partial charge in [0.05, 0.1) is 17.1 Å². The molecule has 108 valence electrons. The van der Waals surface area contributed by atoms with Crippen molar-refractivity contribution in [1.82, 2.24) is 15.3 Å². The van der Waals surface area contributed by atoms with Crippen molar-refractivity contribution >= 4 is 16.9 Å². The summed E-state index contributed by atoms with van der Waals surface area (Å²) in [4.78, 5) is 27.1. The highest BCUT2D eigenvalue weighted by Crippen LogP contribution is 2.21. The fourth-order valence-corrected chi connectivity index (χ4v) is 2.01. The fourth-order valence-electron chi connectivity index (χ4n) is 2.01. The van der Waals surface area contributed by atoms with Gasteiger partial charge in [0, 0.05) is 13.5 Å². The molecule has 0 fully saturated rings. The first-order valence-corrected chi connectivity index (χ1v) is 6.30. The van der Waals surface area contributed by atoms with Crippen molar-refractivity contribution in [1.29, 1.82) is 0 Å². The smallest absolute Gasteiger partial charge is 0.323 e. The van der Waals surface area contributed by atoms with E-state index in [2.05, 4.69) is 15.3 Å². The largest absolute Gasteiger partial charge is 0.390 e. The average Bonchev–Trinajstić information content (AvgIpc) is 2.76. The van der Waals surface area contributed by atoms with E-state index in [0.29, 0.717) is 16.6 Å². The Balaban J connectivity index is 2.07. The van der Waals surface area contributed by atoms with E-state index >= 15 is 0 Å². The molecule has 0 spiro atoms. The Morgan fingerprint density at radius 3 is 2.70 bits per heavy atom. The van der Waals surface area contributed by atoms with Crippen LogP contribution >= 0.6 is 0 Å². The molecule has 1 aromatic heterocycles. The lowest BCUT2D eigenvalue weighted by Gasteiger charge is -2.18. The van der Waals surface area contributed by atoms with Crippen molar-refractivity contribution in [3.05, 3.63) is 34.2 Å². The summed E-state index contributed by atoms with van der Waals surface area (Å²) in [6.45, 7) is 1.68. The zero-order chi connectivity index (χ0) is 14.7. The summed E-state index contributed by atoms with van der Waals surface area (Å²) in [5.41, 5.74) is 1.39. The number of carbonyl (C=O) groups is 1. The monoisotopic (exact) mass is 279 g/mol. The van der Waals surface area contributed by atoms with Gasteiger partial charge in [0.1, 0.15) is 6.10 Å². The van der Waals surface area contributed by atoms with Gasteiger partial charge >= 0.3 is 5.69 Å². The van der Waals surface area contributed by atoms with Gasteiger partial charge in [-0.25, -0.2) is 4.79 Å². The summed E-state index contributed by atoms with van der Waals surface area (Å²) in [6, 6.07) is 4.91. The molecule has 2 atom stereocenters. The molecular formula is C13H17N3O4. The first kappa shape index (κ1) is 14.3. The van der Waals surface area contributed by atoms with Crippen LogP contribution in [0.2, 0.25) is 0 Å². The molecule has 0 aliphatic heterocycles. The second kappa shape index (κ2) is 5.89. The van der Waals surface area contributed by atoms with E-state index in [9.17, 15) is 19.8 Å². The Labute approximate surface area is 114 Å². The maximum Gasteiger partial charge on any atom is 0.323 e. The number of amides is 1. The van der Waals surface area contributed by atoms with Crippen LogP contribution in [0.15, 0.2) is 23.0 Å². The van der Waals surface area contributed by atoms with Crippen LogP contribution in [-0.2, 0) is 4.79 Å². The molecule has 0 saturated carbocycles. The third-order valence-electron chi connectivity index (χ3n) is 3.06. The Morgan fingerprint density at radius 2 is 2.00 bits per heavy atom. The van der Waals surface area contributed by atoms with E-state index in [4.69, 9.17) is 0 Å². The van der Waals surface area contributed by atoms with Crippen LogP contribution in [0.1, 0.15) is 25.0 Å². The van der Waals surface area contributed by atoms with E-state index in [1.165, 1.54) is 6.92 Å². The summed E-state index contributed by atoms with van der Waals surface area (Å²) < 4.78 is 0. The van der Waals surface area contributed by atoms with Crippen LogP contribution in [0, 0.1) is 0 Å². The molecule has 2 rings (SSSR count). The number of imidazole rings is 1. The molecule has 7 heteroatoms. The SMILES string of the molecule is CC(=O)NCCC(O)C(O)c1ccc2[nH]c(=O)[nH]c2c1. The molecule has 0 aliphatic carbocycles. The van der Waals surface area contributed by atoms with Crippen LogP contribution in [0.5, 0.6) is 0 Å². The number of aliphatic hydroxyl groups is 2.